The Hall–Kier alpha value is -0.610. The predicted molar refractivity (Wildman–Crippen MR) is 54.8 cm³/mol. The zero-order valence-corrected chi connectivity index (χ0v) is 8.57. The molecule has 0 aliphatic carbocycles. The van der Waals surface area contributed by atoms with Gasteiger partial charge in [-0.15, -0.1) is 11.3 Å². The Balaban J connectivity index is 1.89. The average Bonchev–Trinajstić information content (AvgIpc) is 2.53. The number of likely N-dealkylation sites (tertiary alicyclic amines) is 1. The van der Waals surface area contributed by atoms with Crippen molar-refractivity contribution in [3.63, 3.8) is 0 Å². The summed E-state index contributed by atoms with van der Waals surface area (Å²) >= 11 is 1.55. The molecule has 13 heavy (non-hydrogen) atoms. The van der Waals surface area contributed by atoms with Gasteiger partial charge in [-0.25, -0.2) is 4.98 Å². The predicted octanol–water partition coefficient (Wildman–Crippen LogP) is 0.294. The quantitative estimate of drug-likeness (QED) is 0.717. The van der Waals surface area contributed by atoms with Crippen LogP contribution in [0.4, 0.5) is 5.13 Å². The first-order valence-electron chi connectivity index (χ1n) is 4.88. The van der Waals surface area contributed by atoms with Gasteiger partial charge in [0.25, 0.3) is 0 Å². The highest BCUT2D eigenvalue weighted by Gasteiger charge is 2.14. The molecule has 1 saturated heterocycles. The second-order valence-electron chi connectivity index (χ2n) is 3.66. The van der Waals surface area contributed by atoms with Crippen molar-refractivity contribution in [3.8, 4) is 0 Å². The van der Waals surface area contributed by atoms with Crippen LogP contribution in [0.3, 0.4) is 0 Å². The summed E-state index contributed by atoms with van der Waals surface area (Å²) in [6.07, 6.45) is 4.15. The number of hydrogen-bond donors (Lipinski definition) is 2. The van der Waals surface area contributed by atoms with Crippen LogP contribution in [0.5, 0.6) is 0 Å². The summed E-state index contributed by atoms with van der Waals surface area (Å²) in [5.74, 6) is 0. The third kappa shape index (κ3) is 2.42. The summed E-state index contributed by atoms with van der Waals surface area (Å²) in [5, 5.41) is 2.78. The number of aromatic nitrogens is 1. The molecule has 1 aromatic rings. The first-order chi connectivity index (χ1) is 6.34. The molecule has 1 fully saturated rings. The maximum atomic E-state index is 5.58. The molecule has 0 amide bonds. The maximum Gasteiger partial charge on any atom is 0.180 e. The van der Waals surface area contributed by atoms with Gasteiger partial charge >= 0.3 is 0 Å². The fourth-order valence-electron chi connectivity index (χ4n) is 1.89. The Morgan fingerprint density at radius 3 is 2.77 bits per heavy atom. The number of piperidine rings is 1. The zero-order valence-electron chi connectivity index (χ0n) is 7.75. The first-order valence-corrected chi connectivity index (χ1v) is 5.76. The van der Waals surface area contributed by atoms with Gasteiger partial charge in [-0.05, 0) is 19.3 Å². The highest BCUT2D eigenvalue weighted by atomic mass is 32.1. The fraction of sp³-hybridized carbons (Fsp3) is 0.667. The Kier molecular flexibility index (Phi) is 2.80. The van der Waals surface area contributed by atoms with E-state index in [2.05, 4.69) is 10.4 Å². The Labute approximate surface area is 82.6 Å². The number of nitrogens with two attached hydrogens (primary N) is 1. The lowest BCUT2D eigenvalue weighted by Gasteiger charge is -2.22. The third-order valence-corrected chi connectivity index (χ3v) is 3.28. The molecule has 1 aliphatic heterocycles. The summed E-state index contributed by atoms with van der Waals surface area (Å²) in [4.78, 5) is 5.94. The maximum absolute atomic E-state index is 5.58. The molecule has 2 rings (SSSR count). The number of hydrogen-bond acceptors (Lipinski definition) is 3. The van der Waals surface area contributed by atoms with Crippen molar-refractivity contribution >= 4 is 16.5 Å². The van der Waals surface area contributed by atoms with E-state index >= 15 is 0 Å². The van der Waals surface area contributed by atoms with Crippen LogP contribution in [0.2, 0.25) is 0 Å². The van der Waals surface area contributed by atoms with Gasteiger partial charge in [0.1, 0.15) is 12.2 Å². The summed E-state index contributed by atoms with van der Waals surface area (Å²) in [6.45, 7) is 3.67. The molecule has 0 bridgehead atoms. The third-order valence-electron chi connectivity index (χ3n) is 2.56. The highest BCUT2D eigenvalue weighted by molar-refractivity contribution is 7.13. The smallest absolute Gasteiger partial charge is 0.180 e. The van der Waals surface area contributed by atoms with Crippen LogP contribution in [-0.4, -0.2) is 18.1 Å². The number of nitrogens with zero attached hydrogens (tertiary/aromatic N) is 1. The van der Waals surface area contributed by atoms with E-state index in [4.69, 9.17) is 5.73 Å². The van der Waals surface area contributed by atoms with Crippen LogP contribution in [0.15, 0.2) is 5.38 Å². The lowest BCUT2D eigenvalue weighted by atomic mass is 10.1. The van der Waals surface area contributed by atoms with Gasteiger partial charge in [-0.3, -0.25) is 0 Å². The second-order valence-corrected chi connectivity index (χ2v) is 4.55. The number of nitrogen functional groups attached to an aromatic ring is 1. The van der Waals surface area contributed by atoms with Gasteiger partial charge in [0.2, 0.25) is 0 Å². The van der Waals surface area contributed by atoms with E-state index in [-0.39, 0.29) is 0 Å². The van der Waals surface area contributed by atoms with Crippen LogP contribution >= 0.6 is 11.3 Å². The van der Waals surface area contributed by atoms with E-state index in [0.717, 1.165) is 6.54 Å². The Bertz CT molecular complexity index is 266. The topological polar surface area (TPSA) is 43.3 Å². The molecular formula is C9H16N3S+. The van der Waals surface area contributed by atoms with E-state index in [1.54, 1.807) is 16.2 Å². The first kappa shape index (κ1) is 8.97. The lowest BCUT2D eigenvalue weighted by Crippen LogP contribution is -3.11. The minimum Gasteiger partial charge on any atom is -0.375 e. The lowest BCUT2D eigenvalue weighted by molar-refractivity contribution is -0.918. The van der Waals surface area contributed by atoms with Crippen LogP contribution in [0.25, 0.3) is 0 Å². The Morgan fingerprint density at radius 1 is 1.38 bits per heavy atom. The van der Waals surface area contributed by atoms with Crippen molar-refractivity contribution in [3.05, 3.63) is 11.1 Å². The van der Waals surface area contributed by atoms with Crippen LogP contribution < -0.4 is 10.6 Å². The summed E-state index contributed by atoms with van der Waals surface area (Å²) in [6, 6.07) is 0. The molecule has 0 unspecified atom stereocenters. The van der Waals surface area contributed by atoms with E-state index in [1.165, 1.54) is 38.0 Å². The molecule has 2 heterocycles. The van der Waals surface area contributed by atoms with Gasteiger partial charge < -0.3 is 10.6 Å². The molecule has 0 radical (unpaired) electrons. The molecule has 4 heteroatoms. The standard InChI is InChI=1S/C9H15N3S/c10-9-11-8(7-13-9)6-12-4-2-1-3-5-12/h7H,1-6H2,(H2,10,11)/p+1. The molecule has 1 aromatic heterocycles. The van der Waals surface area contributed by atoms with Gasteiger partial charge in [-0.1, -0.05) is 0 Å². The molecule has 0 saturated carbocycles. The second kappa shape index (κ2) is 4.07. The minimum atomic E-state index is 0.700. The molecule has 72 valence electrons. The number of quaternary nitrogens is 1. The van der Waals surface area contributed by atoms with E-state index < -0.39 is 0 Å². The molecule has 3 N–H and O–H groups in total. The summed E-state index contributed by atoms with van der Waals surface area (Å²) < 4.78 is 0. The van der Waals surface area contributed by atoms with Crippen molar-refractivity contribution in [2.45, 2.75) is 25.8 Å². The Morgan fingerprint density at radius 2 is 2.15 bits per heavy atom. The van der Waals surface area contributed by atoms with Crippen molar-refractivity contribution in [2.75, 3.05) is 18.8 Å². The number of rotatable bonds is 2. The van der Waals surface area contributed by atoms with Gasteiger partial charge in [0, 0.05) is 5.38 Å². The van der Waals surface area contributed by atoms with E-state index in [1.807, 2.05) is 0 Å². The number of nitrogens with one attached hydrogen (secondary N) is 1. The van der Waals surface area contributed by atoms with E-state index in [9.17, 15) is 0 Å². The number of thiazole rings is 1. The van der Waals surface area contributed by atoms with E-state index in [0.29, 0.717) is 5.13 Å². The van der Waals surface area contributed by atoms with Crippen molar-refractivity contribution in [2.24, 2.45) is 0 Å². The summed E-state index contributed by atoms with van der Waals surface area (Å²) in [5.41, 5.74) is 6.75. The molecule has 3 nitrogen and oxygen atoms in total. The normalized spacial score (nSPS) is 19.1. The molecule has 0 aromatic carbocycles. The summed E-state index contributed by atoms with van der Waals surface area (Å²) in [7, 11) is 0. The number of anilines is 1. The van der Waals surface area contributed by atoms with Crippen LogP contribution in [0, 0.1) is 0 Å². The average molecular weight is 198 g/mol. The molecule has 0 atom stereocenters. The minimum absolute atomic E-state index is 0.700. The largest absolute Gasteiger partial charge is 0.375 e. The van der Waals surface area contributed by atoms with Gasteiger partial charge in [0.05, 0.1) is 13.1 Å². The molecule has 1 aliphatic rings. The van der Waals surface area contributed by atoms with Crippen molar-refractivity contribution < 1.29 is 4.90 Å². The zero-order chi connectivity index (χ0) is 9.10. The van der Waals surface area contributed by atoms with Crippen molar-refractivity contribution in [1.29, 1.82) is 0 Å². The highest BCUT2D eigenvalue weighted by Crippen LogP contribution is 2.09. The van der Waals surface area contributed by atoms with Crippen LogP contribution in [-0.2, 0) is 6.54 Å². The van der Waals surface area contributed by atoms with Crippen LogP contribution in [0.1, 0.15) is 25.0 Å². The SMILES string of the molecule is Nc1nc(C[NH+]2CCCCC2)cs1. The van der Waals surface area contributed by atoms with Gasteiger partial charge in [-0.2, -0.15) is 0 Å². The van der Waals surface area contributed by atoms with Crippen molar-refractivity contribution in [1.82, 2.24) is 4.98 Å². The van der Waals surface area contributed by atoms with Gasteiger partial charge in [0.15, 0.2) is 5.13 Å². The molecular weight excluding hydrogens is 182 g/mol. The monoisotopic (exact) mass is 198 g/mol. The fourth-order valence-corrected chi connectivity index (χ4v) is 2.45. The molecule has 0 spiro atoms.